The van der Waals surface area contributed by atoms with Gasteiger partial charge in [0, 0.05) is 53.4 Å². The van der Waals surface area contributed by atoms with Crippen LogP contribution in [0.5, 0.6) is 0 Å². The Balaban J connectivity index is 2.00. The molecule has 9 heteroatoms. The summed E-state index contributed by atoms with van der Waals surface area (Å²) in [5.74, 6) is 1.29. The van der Waals surface area contributed by atoms with Gasteiger partial charge in [0.1, 0.15) is 12.1 Å². The fourth-order valence-corrected chi connectivity index (χ4v) is 3.48. The largest absolute Gasteiger partial charge is 0.444 e. The molecule has 178 valence electrons. The molecule has 0 bridgehead atoms. The van der Waals surface area contributed by atoms with Crippen molar-refractivity contribution in [3.63, 3.8) is 0 Å². The number of carbonyl (C=O) groups excluding carboxylic acids is 2. The van der Waals surface area contributed by atoms with Crippen LogP contribution in [0.15, 0.2) is 4.99 Å². The van der Waals surface area contributed by atoms with E-state index < -0.39 is 5.60 Å². The summed E-state index contributed by atoms with van der Waals surface area (Å²) < 4.78 is 10.8. The topological polar surface area (TPSA) is 86.7 Å². The molecule has 0 atom stereocenters. The number of nitrogens with zero attached hydrogens (tertiary/aromatic N) is 4. The number of aliphatic imine (C=N–C) groups is 1. The van der Waals surface area contributed by atoms with Crippen LogP contribution >= 0.6 is 0 Å². The number of hydrogen-bond acceptors (Lipinski definition) is 5. The van der Waals surface area contributed by atoms with E-state index in [-0.39, 0.29) is 24.6 Å². The highest BCUT2D eigenvalue weighted by molar-refractivity contribution is 5.85. The summed E-state index contributed by atoms with van der Waals surface area (Å²) in [5.41, 5.74) is -0.496. The number of ether oxygens (including phenoxy) is 2. The maximum absolute atomic E-state index is 12.9. The maximum Gasteiger partial charge on any atom is 0.410 e. The minimum absolute atomic E-state index is 0.0403. The molecule has 2 fully saturated rings. The molecule has 1 aliphatic heterocycles. The smallest absolute Gasteiger partial charge is 0.410 e. The van der Waals surface area contributed by atoms with Crippen LogP contribution in [-0.2, 0) is 14.3 Å². The molecule has 1 aliphatic carbocycles. The molecule has 2 rings (SSSR count). The van der Waals surface area contributed by atoms with Crippen LogP contribution in [0, 0.1) is 5.92 Å². The predicted molar refractivity (Wildman–Crippen MR) is 121 cm³/mol. The third-order valence-corrected chi connectivity index (χ3v) is 5.44. The van der Waals surface area contributed by atoms with Gasteiger partial charge in [-0.15, -0.1) is 0 Å². The number of amides is 2. The van der Waals surface area contributed by atoms with Gasteiger partial charge in [-0.2, -0.15) is 0 Å². The fourth-order valence-electron chi connectivity index (χ4n) is 3.48. The quantitative estimate of drug-likeness (QED) is 0.352. The van der Waals surface area contributed by atoms with Crippen LogP contribution < -0.4 is 5.32 Å². The van der Waals surface area contributed by atoms with E-state index >= 15 is 0 Å². The molecule has 2 aliphatic rings. The summed E-state index contributed by atoms with van der Waals surface area (Å²) in [6.45, 7) is 9.33. The minimum atomic E-state index is -0.496. The van der Waals surface area contributed by atoms with Crippen molar-refractivity contribution >= 4 is 18.0 Å². The first-order valence-corrected chi connectivity index (χ1v) is 11.3. The highest BCUT2D eigenvalue weighted by Gasteiger charge is 2.35. The zero-order chi connectivity index (χ0) is 23.0. The van der Waals surface area contributed by atoms with Crippen molar-refractivity contribution in [2.24, 2.45) is 10.9 Å². The minimum Gasteiger partial charge on any atom is -0.444 e. The Morgan fingerprint density at radius 2 is 1.77 bits per heavy atom. The van der Waals surface area contributed by atoms with E-state index in [1.807, 2.05) is 25.7 Å². The van der Waals surface area contributed by atoms with Crippen molar-refractivity contribution in [3.05, 3.63) is 0 Å². The van der Waals surface area contributed by atoms with Crippen LogP contribution in [-0.4, -0.2) is 105 Å². The van der Waals surface area contributed by atoms with E-state index in [0.29, 0.717) is 19.1 Å². The number of carbonyl (C=O) groups is 2. The molecule has 1 saturated heterocycles. The second kappa shape index (κ2) is 11.5. The van der Waals surface area contributed by atoms with Crippen LogP contribution in [0.3, 0.4) is 0 Å². The molecule has 0 radical (unpaired) electrons. The highest BCUT2D eigenvalue weighted by atomic mass is 16.6. The lowest BCUT2D eigenvalue weighted by molar-refractivity contribution is -0.127. The van der Waals surface area contributed by atoms with E-state index in [9.17, 15) is 9.59 Å². The van der Waals surface area contributed by atoms with Crippen molar-refractivity contribution in [1.82, 2.24) is 20.0 Å². The van der Waals surface area contributed by atoms with E-state index in [1.54, 1.807) is 26.1 Å². The van der Waals surface area contributed by atoms with E-state index in [2.05, 4.69) is 15.2 Å². The van der Waals surface area contributed by atoms with Gasteiger partial charge in [-0.05, 0) is 52.4 Å². The lowest BCUT2D eigenvalue weighted by atomic mass is 10.0. The predicted octanol–water partition coefficient (Wildman–Crippen LogP) is 1.78. The van der Waals surface area contributed by atoms with Crippen molar-refractivity contribution in [2.45, 2.75) is 58.1 Å². The number of nitrogens with one attached hydrogen (secondary N) is 1. The average molecular weight is 440 g/mol. The average Bonchev–Trinajstić information content (AvgIpc) is 3.51. The van der Waals surface area contributed by atoms with Gasteiger partial charge in [0.05, 0.1) is 6.61 Å². The monoisotopic (exact) mass is 439 g/mol. The van der Waals surface area contributed by atoms with Crippen molar-refractivity contribution in [1.29, 1.82) is 0 Å². The summed E-state index contributed by atoms with van der Waals surface area (Å²) in [6.07, 6.45) is 3.87. The second-order valence-corrected chi connectivity index (χ2v) is 9.64. The van der Waals surface area contributed by atoms with Gasteiger partial charge < -0.3 is 29.5 Å². The molecular weight excluding hydrogens is 398 g/mol. The normalized spacial score (nSPS) is 18.0. The summed E-state index contributed by atoms with van der Waals surface area (Å²) in [6, 6.07) is 0.162. The Morgan fingerprint density at radius 1 is 1.13 bits per heavy atom. The molecule has 9 nitrogen and oxygen atoms in total. The number of guanidine groups is 1. The second-order valence-electron chi connectivity index (χ2n) is 9.64. The van der Waals surface area contributed by atoms with E-state index in [0.717, 1.165) is 38.4 Å². The van der Waals surface area contributed by atoms with Gasteiger partial charge >= 0.3 is 6.09 Å². The first-order valence-electron chi connectivity index (χ1n) is 11.3. The molecule has 0 unspecified atom stereocenters. The molecule has 0 aromatic heterocycles. The van der Waals surface area contributed by atoms with Crippen LogP contribution in [0.1, 0.15) is 46.5 Å². The summed E-state index contributed by atoms with van der Waals surface area (Å²) in [4.78, 5) is 35.0. The Bertz CT molecular complexity index is 620. The molecule has 31 heavy (non-hydrogen) atoms. The molecule has 1 N–H and O–H groups in total. The first kappa shape index (κ1) is 25.2. The summed E-state index contributed by atoms with van der Waals surface area (Å²) in [5, 5.41) is 3.30. The lowest BCUT2D eigenvalue weighted by Gasteiger charge is -2.40. The molecular formula is C22H41N5O4. The van der Waals surface area contributed by atoms with Gasteiger partial charge in [0.25, 0.3) is 0 Å². The molecule has 0 spiro atoms. The van der Waals surface area contributed by atoms with Gasteiger partial charge in [-0.25, -0.2) is 9.79 Å². The SMILES string of the molecule is COCCNC(=NCC(=O)N(C)C)N1CCC(N(CC2CC2)C(=O)OC(C)(C)C)CC1. The van der Waals surface area contributed by atoms with Crippen LogP contribution in [0.4, 0.5) is 4.79 Å². The maximum atomic E-state index is 12.9. The zero-order valence-electron chi connectivity index (χ0n) is 20.1. The number of piperidine rings is 1. The third kappa shape index (κ3) is 8.93. The number of methoxy groups -OCH3 is 1. The molecule has 1 saturated carbocycles. The van der Waals surface area contributed by atoms with E-state index in [1.165, 1.54) is 12.8 Å². The first-order chi connectivity index (χ1) is 14.6. The molecule has 0 aromatic carbocycles. The van der Waals surface area contributed by atoms with Crippen molar-refractivity contribution in [3.8, 4) is 0 Å². The number of likely N-dealkylation sites (tertiary alicyclic amines) is 1. The van der Waals surface area contributed by atoms with Gasteiger partial charge in [-0.3, -0.25) is 4.79 Å². The van der Waals surface area contributed by atoms with Crippen molar-refractivity contribution in [2.75, 3.05) is 60.5 Å². The zero-order valence-corrected chi connectivity index (χ0v) is 20.1. The van der Waals surface area contributed by atoms with Gasteiger partial charge in [0.2, 0.25) is 5.91 Å². The highest BCUT2D eigenvalue weighted by Crippen LogP contribution is 2.32. The van der Waals surface area contributed by atoms with Gasteiger partial charge in [0.15, 0.2) is 5.96 Å². The molecule has 1 heterocycles. The molecule has 0 aromatic rings. The van der Waals surface area contributed by atoms with Crippen LogP contribution in [0.25, 0.3) is 0 Å². The van der Waals surface area contributed by atoms with Gasteiger partial charge in [-0.1, -0.05) is 0 Å². The molecule has 2 amide bonds. The summed E-state index contributed by atoms with van der Waals surface area (Å²) >= 11 is 0. The Labute approximate surface area is 187 Å². The summed E-state index contributed by atoms with van der Waals surface area (Å²) in [7, 11) is 5.11. The number of hydrogen-bond donors (Lipinski definition) is 1. The van der Waals surface area contributed by atoms with Crippen molar-refractivity contribution < 1.29 is 19.1 Å². The van der Waals surface area contributed by atoms with E-state index in [4.69, 9.17) is 9.47 Å². The Hall–Kier alpha value is -2.03. The Morgan fingerprint density at radius 3 is 2.29 bits per heavy atom. The Kier molecular flexibility index (Phi) is 9.40. The lowest BCUT2D eigenvalue weighted by Crippen LogP contribution is -2.53. The van der Waals surface area contributed by atoms with Crippen LogP contribution in [0.2, 0.25) is 0 Å². The number of rotatable bonds is 8. The number of likely N-dealkylation sites (N-methyl/N-ethyl adjacent to an activating group) is 1. The standard InChI is InChI=1S/C22H41N5O4/c1-22(2,3)31-21(29)27(16-17-7-8-17)18-9-12-26(13-10-18)20(23-11-14-30-6)24-15-19(28)25(4)5/h17-18H,7-16H2,1-6H3,(H,23,24). The third-order valence-electron chi connectivity index (χ3n) is 5.44. The fraction of sp³-hybridized carbons (Fsp3) is 0.864.